The topological polar surface area (TPSA) is 38.3 Å². The molecule has 9 heteroatoms. The van der Waals surface area contributed by atoms with Crippen molar-refractivity contribution in [3.63, 3.8) is 0 Å². The molecule has 1 heterocycles. The zero-order valence-corrected chi connectivity index (χ0v) is 11.6. The minimum Gasteiger partial charge on any atom is -0.351 e. The van der Waals surface area contributed by atoms with Crippen LogP contribution in [0, 0.1) is 11.6 Å². The Morgan fingerprint density at radius 3 is 2.52 bits per heavy atom. The summed E-state index contributed by atoms with van der Waals surface area (Å²) >= 11 is 0. The third-order valence-corrected chi connectivity index (χ3v) is 3.57. The second kappa shape index (κ2) is 5.94. The fourth-order valence-corrected chi connectivity index (χ4v) is 2.47. The van der Waals surface area contributed by atoms with Crippen LogP contribution in [-0.4, -0.2) is 24.1 Å². The average molecular weight is 327 g/mol. The molecule has 0 saturated carbocycles. The van der Waals surface area contributed by atoms with Gasteiger partial charge in [0.05, 0.1) is 0 Å². The molecule has 0 spiro atoms. The molecule has 1 aliphatic rings. The number of carbonyl (C=O) groups is 1. The molecule has 2 rings (SSSR count). The molecular formula is C12H11F5NO2P. The molecule has 3 unspecified atom stereocenters. The van der Waals surface area contributed by atoms with Crippen molar-refractivity contribution < 1.29 is 31.5 Å². The fraction of sp³-hybridized carbons (Fsp3) is 0.417. The minimum absolute atomic E-state index is 0.364. The van der Waals surface area contributed by atoms with E-state index in [0.717, 1.165) is 18.2 Å². The van der Waals surface area contributed by atoms with Gasteiger partial charge < -0.3 is 4.74 Å². The molecule has 116 valence electrons. The normalized spacial score (nSPS) is 27.0. The average Bonchev–Trinajstić information content (AvgIpc) is 2.40. The molecule has 1 saturated heterocycles. The monoisotopic (exact) mass is 327 g/mol. The maximum absolute atomic E-state index is 13.7. The smallest absolute Gasteiger partial charge is 0.351 e. The van der Waals surface area contributed by atoms with Crippen molar-refractivity contribution >= 4 is 15.2 Å². The number of benzene rings is 1. The summed E-state index contributed by atoms with van der Waals surface area (Å²) in [7, 11) is 2.03. The fourth-order valence-electron chi connectivity index (χ4n) is 2.18. The largest absolute Gasteiger partial charge is 0.421 e. The van der Waals surface area contributed by atoms with Gasteiger partial charge in [-0.1, -0.05) is 9.39 Å². The molecule has 1 aliphatic heterocycles. The van der Waals surface area contributed by atoms with Crippen LogP contribution in [0.1, 0.15) is 18.1 Å². The van der Waals surface area contributed by atoms with E-state index in [4.69, 9.17) is 4.74 Å². The van der Waals surface area contributed by atoms with Gasteiger partial charge in [-0.05, 0) is 18.2 Å². The van der Waals surface area contributed by atoms with Crippen molar-refractivity contribution in [3.05, 3.63) is 35.4 Å². The first-order valence-corrected chi connectivity index (χ1v) is 6.47. The third-order valence-electron chi connectivity index (χ3n) is 3.14. The van der Waals surface area contributed by atoms with Gasteiger partial charge in [0, 0.05) is 18.0 Å². The van der Waals surface area contributed by atoms with Gasteiger partial charge in [0.2, 0.25) is 6.10 Å². The molecule has 0 aromatic heterocycles. The van der Waals surface area contributed by atoms with E-state index in [-0.39, 0.29) is 5.56 Å². The number of ketones is 1. The zero-order chi connectivity index (χ0) is 15.8. The summed E-state index contributed by atoms with van der Waals surface area (Å²) in [5, 5.41) is 2.52. The number of ether oxygens (including phenoxy) is 1. The highest BCUT2D eigenvalue weighted by atomic mass is 31.0. The number of Topliss-reactive ketones (excluding diaryl/α,β-unsaturated/α-hetero) is 1. The van der Waals surface area contributed by atoms with Crippen molar-refractivity contribution in [2.24, 2.45) is 0 Å². The van der Waals surface area contributed by atoms with Crippen LogP contribution in [0.3, 0.4) is 0 Å². The van der Waals surface area contributed by atoms with Crippen LogP contribution in [0.2, 0.25) is 0 Å². The van der Waals surface area contributed by atoms with Crippen LogP contribution in [0.15, 0.2) is 18.2 Å². The number of hydrogen-bond acceptors (Lipinski definition) is 3. The maximum atomic E-state index is 13.7. The summed E-state index contributed by atoms with van der Waals surface area (Å²) in [6.07, 6.45) is -9.47. The number of rotatable bonds is 2. The first-order chi connectivity index (χ1) is 9.74. The molecule has 0 radical (unpaired) electrons. The van der Waals surface area contributed by atoms with Gasteiger partial charge in [-0.15, -0.1) is 0 Å². The molecule has 0 aliphatic carbocycles. The van der Waals surface area contributed by atoms with Crippen LogP contribution in [0.4, 0.5) is 22.0 Å². The Morgan fingerprint density at radius 2 is 1.95 bits per heavy atom. The van der Waals surface area contributed by atoms with E-state index in [9.17, 15) is 26.7 Å². The molecule has 21 heavy (non-hydrogen) atoms. The molecular weight excluding hydrogens is 316 g/mol. The lowest BCUT2D eigenvalue weighted by Crippen LogP contribution is -2.50. The van der Waals surface area contributed by atoms with Crippen LogP contribution in [0.25, 0.3) is 0 Å². The highest BCUT2D eigenvalue weighted by molar-refractivity contribution is 7.13. The van der Waals surface area contributed by atoms with Gasteiger partial charge in [0.25, 0.3) is 0 Å². The standard InChI is InChI=1S/C12H11F5NO2P/c13-5-1-2-7(14)6(3-5)10-8(18-21)4-9(19)11(20-10)12(15,16)17/h1-3,8,10-11,18H,4,21H2/t8?,10-,11?/m1/s1. The van der Waals surface area contributed by atoms with Gasteiger partial charge in [0.1, 0.15) is 17.7 Å². The van der Waals surface area contributed by atoms with E-state index >= 15 is 0 Å². The van der Waals surface area contributed by atoms with Gasteiger partial charge in [-0.3, -0.25) is 9.88 Å². The van der Waals surface area contributed by atoms with Crippen molar-refractivity contribution in [1.82, 2.24) is 5.09 Å². The molecule has 3 nitrogen and oxygen atoms in total. The Labute approximate surface area is 119 Å². The summed E-state index contributed by atoms with van der Waals surface area (Å²) < 4.78 is 69.9. The van der Waals surface area contributed by atoms with Crippen LogP contribution in [-0.2, 0) is 9.53 Å². The number of alkyl halides is 3. The molecule has 4 atom stereocenters. The van der Waals surface area contributed by atoms with Gasteiger partial charge in [-0.2, -0.15) is 13.2 Å². The summed E-state index contributed by atoms with van der Waals surface area (Å²) in [5.74, 6) is -2.87. The third kappa shape index (κ3) is 3.39. The van der Waals surface area contributed by atoms with Gasteiger partial charge >= 0.3 is 6.18 Å². The predicted octanol–water partition coefficient (Wildman–Crippen LogP) is 2.67. The second-order valence-corrected chi connectivity index (χ2v) is 4.92. The summed E-state index contributed by atoms with van der Waals surface area (Å²) in [6, 6.07) is 1.50. The van der Waals surface area contributed by atoms with Crippen molar-refractivity contribution in [2.45, 2.75) is 30.8 Å². The number of nitrogens with one attached hydrogen (secondary N) is 1. The molecule has 0 bridgehead atoms. The van der Waals surface area contributed by atoms with Gasteiger partial charge in [0.15, 0.2) is 5.78 Å². The van der Waals surface area contributed by atoms with Crippen LogP contribution >= 0.6 is 9.39 Å². The second-order valence-electron chi connectivity index (χ2n) is 4.59. The summed E-state index contributed by atoms with van der Waals surface area (Å²) in [6.45, 7) is 0. The lowest BCUT2D eigenvalue weighted by Gasteiger charge is -2.36. The van der Waals surface area contributed by atoms with Crippen molar-refractivity contribution in [1.29, 1.82) is 0 Å². The number of carbonyl (C=O) groups excluding carboxylic acids is 1. The summed E-state index contributed by atoms with van der Waals surface area (Å²) in [4.78, 5) is 11.5. The predicted molar refractivity (Wildman–Crippen MR) is 66.3 cm³/mol. The molecule has 1 N–H and O–H groups in total. The van der Waals surface area contributed by atoms with E-state index < -0.39 is 48.3 Å². The van der Waals surface area contributed by atoms with Crippen LogP contribution < -0.4 is 5.09 Å². The SMILES string of the molecule is O=C1CC(NP)[C@@H](c2cc(F)ccc2F)OC1C(F)(F)F. The Hall–Kier alpha value is -1.11. The number of halogens is 5. The minimum atomic E-state index is -4.90. The molecule has 1 fully saturated rings. The van der Waals surface area contributed by atoms with E-state index in [2.05, 4.69) is 5.09 Å². The molecule has 1 aromatic rings. The zero-order valence-electron chi connectivity index (χ0n) is 10.5. The summed E-state index contributed by atoms with van der Waals surface area (Å²) in [5.41, 5.74) is -0.364. The van der Waals surface area contributed by atoms with E-state index in [1.54, 1.807) is 0 Å². The Morgan fingerprint density at radius 1 is 1.29 bits per heavy atom. The Bertz CT molecular complexity index is 551. The quantitative estimate of drug-likeness (QED) is 0.670. The van der Waals surface area contributed by atoms with Crippen LogP contribution in [0.5, 0.6) is 0 Å². The maximum Gasteiger partial charge on any atom is 0.421 e. The Balaban J connectivity index is 2.39. The lowest BCUT2D eigenvalue weighted by molar-refractivity contribution is -0.239. The first-order valence-electron chi connectivity index (χ1n) is 5.90. The van der Waals surface area contributed by atoms with E-state index in [1.807, 2.05) is 9.39 Å². The number of hydrogen-bond donors (Lipinski definition) is 1. The highest BCUT2D eigenvalue weighted by Gasteiger charge is 2.51. The first kappa shape index (κ1) is 16.3. The van der Waals surface area contributed by atoms with Crippen molar-refractivity contribution in [3.8, 4) is 0 Å². The molecule has 0 amide bonds. The van der Waals surface area contributed by atoms with Crippen molar-refractivity contribution in [2.75, 3.05) is 0 Å². The highest BCUT2D eigenvalue weighted by Crippen LogP contribution is 2.38. The van der Waals surface area contributed by atoms with Gasteiger partial charge in [-0.25, -0.2) is 8.78 Å². The van der Waals surface area contributed by atoms with E-state index in [1.165, 1.54) is 0 Å². The Kier molecular flexibility index (Phi) is 4.60. The lowest BCUT2D eigenvalue weighted by atomic mass is 9.92. The van der Waals surface area contributed by atoms with E-state index in [0.29, 0.717) is 0 Å². The molecule has 1 aromatic carbocycles.